The SMILES string of the molecule is c1ccc(-c2ccc(N(c3ccc(-c4ccccc4)cc3)c3ccc(-c4cccc5c4oc4ccc6c(c45)-c4ccccc4C64c5ccccc5-c5ccccc54)cc3)cc2)cc1. The van der Waals surface area contributed by atoms with Crippen molar-refractivity contribution in [2.24, 2.45) is 0 Å². The van der Waals surface area contributed by atoms with Gasteiger partial charge in [0, 0.05) is 33.4 Å². The van der Waals surface area contributed by atoms with Crippen LogP contribution in [0.4, 0.5) is 17.1 Å². The lowest BCUT2D eigenvalue weighted by Crippen LogP contribution is -2.25. The molecule has 294 valence electrons. The van der Waals surface area contributed by atoms with Crippen LogP contribution in [-0.2, 0) is 5.41 Å². The van der Waals surface area contributed by atoms with E-state index in [9.17, 15) is 0 Å². The van der Waals surface area contributed by atoms with E-state index >= 15 is 0 Å². The van der Waals surface area contributed by atoms with E-state index in [1.807, 2.05) is 0 Å². The van der Waals surface area contributed by atoms with E-state index in [4.69, 9.17) is 4.42 Å². The third-order valence-electron chi connectivity index (χ3n) is 13.5. The molecule has 63 heavy (non-hydrogen) atoms. The molecule has 11 aromatic rings. The van der Waals surface area contributed by atoms with Crippen molar-refractivity contribution in [1.82, 2.24) is 0 Å². The predicted molar refractivity (Wildman–Crippen MR) is 261 cm³/mol. The van der Waals surface area contributed by atoms with Gasteiger partial charge in [-0.1, -0.05) is 194 Å². The van der Waals surface area contributed by atoms with Crippen LogP contribution in [0.15, 0.2) is 241 Å². The summed E-state index contributed by atoms with van der Waals surface area (Å²) in [4.78, 5) is 2.34. The van der Waals surface area contributed by atoms with Crippen LogP contribution < -0.4 is 4.90 Å². The zero-order chi connectivity index (χ0) is 41.5. The summed E-state index contributed by atoms with van der Waals surface area (Å²) < 4.78 is 6.97. The van der Waals surface area contributed by atoms with Gasteiger partial charge in [0.1, 0.15) is 11.2 Å². The van der Waals surface area contributed by atoms with Gasteiger partial charge in [0.2, 0.25) is 0 Å². The fraction of sp³-hybridized carbons (Fsp3) is 0.0164. The van der Waals surface area contributed by atoms with Crippen LogP contribution >= 0.6 is 0 Å². The number of anilines is 3. The average Bonchev–Trinajstić information content (AvgIpc) is 4.00. The summed E-state index contributed by atoms with van der Waals surface area (Å²) in [7, 11) is 0. The second kappa shape index (κ2) is 13.9. The fourth-order valence-corrected chi connectivity index (χ4v) is 10.8. The standard InChI is InChI=1S/C61H39NO/c1-3-14-40(15-4-1)42-26-32-45(33-27-42)62(46-34-28-43(29-35-46)41-16-5-2-6-17-41)47-36-30-44(31-37-47)48-21-13-22-52-59-57(63-60(48)52)39-38-56-58(59)51-20-9-12-25-55(51)61(56)53-23-10-7-18-49(53)50-19-8-11-24-54(50)61/h1-39H. The number of rotatable bonds is 6. The van der Waals surface area contributed by atoms with Crippen LogP contribution in [0.5, 0.6) is 0 Å². The van der Waals surface area contributed by atoms with E-state index in [1.54, 1.807) is 0 Å². The van der Waals surface area contributed by atoms with Crippen molar-refractivity contribution in [2.75, 3.05) is 4.90 Å². The van der Waals surface area contributed by atoms with E-state index in [0.717, 1.165) is 44.7 Å². The Morgan fingerprint density at radius 1 is 0.302 bits per heavy atom. The molecule has 2 aliphatic rings. The Morgan fingerprint density at radius 3 is 1.27 bits per heavy atom. The molecule has 0 N–H and O–H groups in total. The molecule has 0 bridgehead atoms. The molecular weight excluding hydrogens is 763 g/mol. The van der Waals surface area contributed by atoms with E-state index in [0.29, 0.717) is 0 Å². The number of furan rings is 1. The van der Waals surface area contributed by atoms with Crippen molar-refractivity contribution in [2.45, 2.75) is 5.41 Å². The van der Waals surface area contributed by atoms with Gasteiger partial charge in [0.05, 0.1) is 5.41 Å². The molecule has 2 nitrogen and oxygen atoms in total. The molecule has 0 unspecified atom stereocenters. The Bertz CT molecular complexity index is 3400. The number of hydrogen-bond acceptors (Lipinski definition) is 2. The van der Waals surface area contributed by atoms with E-state index < -0.39 is 5.41 Å². The fourth-order valence-electron chi connectivity index (χ4n) is 10.8. The molecule has 2 aliphatic carbocycles. The molecule has 13 rings (SSSR count). The third-order valence-corrected chi connectivity index (χ3v) is 13.5. The first-order valence-electron chi connectivity index (χ1n) is 21.8. The van der Waals surface area contributed by atoms with Gasteiger partial charge in [0.25, 0.3) is 0 Å². The molecule has 0 saturated carbocycles. The molecule has 1 spiro atoms. The highest BCUT2D eigenvalue weighted by Gasteiger charge is 2.52. The van der Waals surface area contributed by atoms with Crippen molar-refractivity contribution in [3.8, 4) is 55.6 Å². The van der Waals surface area contributed by atoms with Gasteiger partial charge < -0.3 is 9.32 Å². The van der Waals surface area contributed by atoms with E-state index in [2.05, 4.69) is 241 Å². The highest BCUT2D eigenvalue weighted by molar-refractivity contribution is 6.18. The van der Waals surface area contributed by atoms with Crippen molar-refractivity contribution in [1.29, 1.82) is 0 Å². The van der Waals surface area contributed by atoms with Gasteiger partial charge in [-0.25, -0.2) is 0 Å². The summed E-state index contributed by atoms with van der Waals surface area (Å²) >= 11 is 0. The quantitative estimate of drug-likeness (QED) is 0.167. The van der Waals surface area contributed by atoms with Crippen LogP contribution in [0.25, 0.3) is 77.6 Å². The molecule has 0 atom stereocenters. The Hall–Kier alpha value is -8.20. The zero-order valence-electron chi connectivity index (χ0n) is 34.4. The topological polar surface area (TPSA) is 16.4 Å². The largest absolute Gasteiger partial charge is 0.455 e. The van der Waals surface area contributed by atoms with Crippen molar-refractivity contribution >= 4 is 39.0 Å². The average molecular weight is 802 g/mol. The van der Waals surface area contributed by atoms with Gasteiger partial charge >= 0.3 is 0 Å². The lowest BCUT2D eigenvalue weighted by molar-refractivity contribution is 0.669. The molecule has 0 aliphatic heterocycles. The van der Waals surface area contributed by atoms with Crippen LogP contribution in [0.2, 0.25) is 0 Å². The van der Waals surface area contributed by atoms with Crippen LogP contribution in [0.3, 0.4) is 0 Å². The Balaban J connectivity index is 0.935. The maximum absolute atomic E-state index is 6.97. The third kappa shape index (κ3) is 5.25. The number of para-hydroxylation sites is 1. The zero-order valence-corrected chi connectivity index (χ0v) is 34.4. The first kappa shape index (κ1) is 35.5. The smallest absolute Gasteiger partial charge is 0.143 e. The number of benzene rings is 10. The lowest BCUT2D eigenvalue weighted by atomic mass is 9.70. The van der Waals surface area contributed by atoms with E-state index in [-0.39, 0.29) is 0 Å². The van der Waals surface area contributed by atoms with Crippen LogP contribution in [-0.4, -0.2) is 0 Å². The van der Waals surface area contributed by atoms with E-state index in [1.165, 1.54) is 72.1 Å². The Morgan fingerprint density at radius 2 is 0.730 bits per heavy atom. The predicted octanol–water partition coefficient (Wildman–Crippen LogP) is 16.4. The minimum atomic E-state index is -0.403. The molecule has 1 heterocycles. The van der Waals surface area contributed by atoms with Crippen molar-refractivity contribution in [3.63, 3.8) is 0 Å². The molecular formula is C61H39NO. The van der Waals surface area contributed by atoms with Gasteiger partial charge in [0.15, 0.2) is 0 Å². The minimum absolute atomic E-state index is 0.403. The summed E-state index contributed by atoms with van der Waals surface area (Å²) in [6, 6.07) is 86.0. The molecule has 1 aromatic heterocycles. The monoisotopic (exact) mass is 801 g/mol. The Kier molecular flexibility index (Phi) is 7.85. The molecule has 0 saturated heterocycles. The maximum atomic E-state index is 6.97. The number of nitrogens with zero attached hydrogens (tertiary/aromatic N) is 1. The highest BCUT2D eigenvalue weighted by Crippen LogP contribution is 2.64. The molecule has 0 fully saturated rings. The highest BCUT2D eigenvalue weighted by atomic mass is 16.3. The number of hydrogen-bond donors (Lipinski definition) is 0. The molecule has 0 radical (unpaired) electrons. The van der Waals surface area contributed by atoms with Gasteiger partial charge in [-0.3, -0.25) is 0 Å². The van der Waals surface area contributed by atoms with Crippen molar-refractivity contribution < 1.29 is 4.42 Å². The first-order chi connectivity index (χ1) is 31.3. The van der Waals surface area contributed by atoms with Crippen LogP contribution in [0, 0.1) is 0 Å². The number of fused-ring (bicyclic) bond motifs is 14. The van der Waals surface area contributed by atoms with Gasteiger partial charge in [-0.15, -0.1) is 0 Å². The summed E-state index contributed by atoms with van der Waals surface area (Å²) in [5.41, 5.74) is 22.1. The minimum Gasteiger partial charge on any atom is -0.455 e. The molecule has 2 heteroatoms. The maximum Gasteiger partial charge on any atom is 0.143 e. The summed E-state index contributed by atoms with van der Waals surface area (Å²) in [5, 5.41) is 2.31. The molecule has 0 amide bonds. The van der Waals surface area contributed by atoms with Gasteiger partial charge in [-0.05, 0) is 115 Å². The summed E-state index contributed by atoms with van der Waals surface area (Å²) in [6.07, 6.45) is 0. The summed E-state index contributed by atoms with van der Waals surface area (Å²) in [5.74, 6) is 0. The second-order valence-electron chi connectivity index (χ2n) is 16.7. The lowest BCUT2D eigenvalue weighted by Gasteiger charge is -2.30. The first-order valence-corrected chi connectivity index (χ1v) is 21.8. The van der Waals surface area contributed by atoms with Crippen LogP contribution in [0.1, 0.15) is 22.3 Å². The van der Waals surface area contributed by atoms with Gasteiger partial charge in [-0.2, -0.15) is 0 Å². The van der Waals surface area contributed by atoms with Crippen molar-refractivity contribution in [3.05, 3.63) is 259 Å². The molecule has 10 aromatic carbocycles. The summed E-state index contributed by atoms with van der Waals surface area (Å²) in [6.45, 7) is 0. The second-order valence-corrected chi connectivity index (χ2v) is 16.7. The normalized spacial score (nSPS) is 12.9. The Labute approximate surface area is 366 Å².